The van der Waals surface area contributed by atoms with Crippen LogP contribution in [0.25, 0.3) is 0 Å². The Hall–Kier alpha value is -2.19. The van der Waals surface area contributed by atoms with Gasteiger partial charge in [-0.05, 0) is 41.8 Å². The normalized spacial score (nSPS) is 19.9. The highest BCUT2D eigenvalue weighted by molar-refractivity contribution is 9.10. The molecular formula is C19H16BrF3N2O2. The molecule has 0 radical (unpaired) electrons. The lowest BCUT2D eigenvalue weighted by Crippen LogP contribution is -2.56. The van der Waals surface area contributed by atoms with Crippen LogP contribution in [0.3, 0.4) is 0 Å². The van der Waals surface area contributed by atoms with Gasteiger partial charge in [0.25, 0.3) is 11.6 Å². The maximum atomic E-state index is 13.6. The van der Waals surface area contributed by atoms with Gasteiger partial charge in [-0.15, -0.1) is 0 Å². The molecule has 4 nitrogen and oxygen atoms in total. The van der Waals surface area contributed by atoms with Crippen LogP contribution in [0.1, 0.15) is 34.8 Å². The van der Waals surface area contributed by atoms with E-state index in [1.54, 1.807) is 24.3 Å². The van der Waals surface area contributed by atoms with Gasteiger partial charge in [0.1, 0.15) is 0 Å². The zero-order valence-electron chi connectivity index (χ0n) is 14.3. The number of hydrogen-bond acceptors (Lipinski definition) is 3. The lowest BCUT2D eigenvalue weighted by Gasteiger charge is -2.32. The van der Waals surface area contributed by atoms with Gasteiger partial charge in [-0.25, -0.2) is 0 Å². The minimum Gasteiger partial charge on any atom is -0.362 e. The Morgan fingerprint density at radius 2 is 1.78 bits per heavy atom. The molecule has 0 bridgehead atoms. The quantitative estimate of drug-likeness (QED) is 0.762. The second-order valence-electron chi connectivity index (χ2n) is 6.21. The van der Waals surface area contributed by atoms with Crippen LogP contribution in [0, 0.1) is 0 Å². The highest BCUT2D eigenvalue weighted by Crippen LogP contribution is 2.42. The van der Waals surface area contributed by atoms with Crippen LogP contribution in [0.15, 0.2) is 58.1 Å². The highest BCUT2D eigenvalue weighted by atomic mass is 79.9. The molecule has 2 aromatic rings. The summed E-state index contributed by atoms with van der Waals surface area (Å²) in [5.74, 6) is -1.03. The molecule has 0 unspecified atom stereocenters. The second-order valence-corrected chi connectivity index (χ2v) is 7.13. The first kappa shape index (κ1) is 19.6. The number of nitrogens with zero attached hydrogens (tertiary/aromatic N) is 2. The summed E-state index contributed by atoms with van der Waals surface area (Å²) in [6.07, 6.45) is -5.11. The van der Waals surface area contributed by atoms with Crippen LogP contribution >= 0.6 is 15.9 Å². The van der Waals surface area contributed by atoms with Crippen molar-refractivity contribution in [1.82, 2.24) is 5.01 Å². The van der Waals surface area contributed by atoms with Crippen molar-refractivity contribution < 1.29 is 23.1 Å². The molecule has 0 aromatic heterocycles. The molecule has 1 amide bonds. The van der Waals surface area contributed by atoms with Gasteiger partial charge in [0, 0.05) is 10.0 Å². The highest BCUT2D eigenvalue weighted by Gasteiger charge is 2.63. The van der Waals surface area contributed by atoms with E-state index in [-0.39, 0.29) is 16.3 Å². The van der Waals surface area contributed by atoms with Crippen molar-refractivity contribution in [2.75, 3.05) is 0 Å². The van der Waals surface area contributed by atoms with E-state index in [2.05, 4.69) is 21.0 Å². The summed E-state index contributed by atoms with van der Waals surface area (Å²) in [4.78, 5) is 12.6. The lowest BCUT2D eigenvalue weighted by atomic mass is 9.99. The number of halogens is 4. The fourth-order valence-corrected chi connectivity index (χ4v) is 3.05. The largest absolute Gasteiger partial charge is 0.438 e. The number of carbonyl (C=O) groups is 1. The summed E-state index contributed by atoms with van der Waals surface area (Å²) in [7, 11) is 0. The van der Waals surface area contributed by atoms with Gasteiger partial charge in [0.15, 0.2) is 0 Å². The third kappa shape index (κ3) is 3.64. The molecule has 0 spiro atoms. The van der Waals surface area contributed by atoms with E-state index >= 15 is 0 Å². The molecular weight excluding hydrogens is 425 g/mol. The zero-order valence-corrected chi connectivity index (χ0v) is 15.9. The van der Waals surface area contributed by atoms with Crippen LogP contribution in [-0.4, -0.2) is 33.6 Å². The van der Waals surface area contributed by atoms with Gasteiger partial charge in [0.05, 0.1) is 12.1 Å². The fourth-order valence-electron chi connectivity index (χ4n) is 2.79. The number of alkyl halides is 3. The number of carbonyl (C=O) groups excluding carboxylic acids is 1. The number of rotatable bonds is 3. The minimum absolute atomic E-state index is 0.00272. The molecule has 0 aliphatic carbocycles. The van der Waals surface area contributed by atoms with E-state index < -0.39 is 24.2 Å². The molecule has 142 valence electrons. The third-order valence-electron chi connectivity index (χ3n) is 4.42. The van der Waals surface area contributed by atoms with E-state index in [1.807, 2.05) is 6.92 Å². The summed E-state index contributed by atoms with van der Waals surface area (Å²) >= 11 is 3.20. The van der Waals surface area contributed by atoms with Crippen molar-refractivity contribution in [1.29, 1.82) is 0 Å². The van der Waals surface area contributed by atoms with E-state index in [0.717, 1.165) is 12.0 Å². The Morgan fingerprint density at radius 3 is 2.30 bits per heavy atom. The standard InChI is InChI=1S/C19H16BrF3N2O2/c1-2-12-3-5-13(6-4-12)16-11-18(27,19(21,22)23)25(24-16)17(26)14-7-9-15(20)10-8-14/h3-10,27H,2,11H2,1H3/t18-/m1/s1. The van der Waals surface area contributed by atoms with Gasteiger partial charge in [-0.1, -0.05) is 47.1 Å². The first-order valence-electron chi connectivity index (χ1n) is 8.21. The maximum Gasteiger partial charge on any atom is 0.438 e. The number of hydrogen-bond donors (Lipinski definition) is 1. The molecule has 0 saturated heterocycles. The van der Waals surface area contributed by atoms with Crippen molar-refractivity contribution in [2.45, 2.75) is 31.7 Å². The predicted octanol–water partition coefficient (Wildman–Crippen LogP) is 4.51. The van der Waals surface area contributed by atoms with Crippen LogP contribution in [0.5, 0.6) is 0 Å². The first-order valence-corrected chi connectivity index (χ1v) is 9.01. The molecule has 0 fully saturated rings. The van der Waals surface area contributed by atoms with Crippen molar-refractivity contribution in [3.8, 4) is 0 Å². The summed E-state index contributed by atoms with van der Waals surface area (Å²) < 4.78 is 41.5. The molecule has 1 N–H and O–H groups in total. The predicted molar refractivity (Wildman–Crippen MR) is 98.3 cm³/mol. The van der Waals surface area contributed by atoms with E-state index in [1.165, 1.54) is 24.3 Å². The Bertz CT molecular complexity index is 879. The molecule has 0 saturated carbocycles. The Morgan fingerprint density at radius 1 is 1.19 bits per heavy atom. The topological polar surface area (TPSA) is 52.9 Å². The average Bonchev–Trinajstić information content (AvgIpc) is 3.01. The van der Waals surface area contributed by atoms with Gasteiger partial charge >= 0.3 is 6.18 Å². The molecule has 1 heterocycles. The van der Waals surface area contributed by atoms with Gasteiger partial charge in [-0.3, -0.25) is 4.79 Å². The number of aliphatic hydroxyl groups is 1. The number of aryl methyl sites for hydroxylation is 1. The lowest BCUT2D eigenvalue weighted by molar-refractivity contribution is -0.297. The smallest absolute Gasteiger partial charge is 0.362 e. The van der Waals surface area contributed by atoms with Crippen LogP contribution < -0.4 is 0 Å². The molecule has 1 aliphatic rings. The van der Waals surface area contributed by atoms with Crippen molar-refractivity contribution in [3.05, 3.63) is 69.7 Å². The van der Waals surface area contributed by atoms with Crippen LogP contribution in [0.4, 0.5) is 13.2 Å². The molecule has 1 aliphatic heterocycles. The maximum absolute atomic E-state index is 13.6. The summed E-state index contributed by atoms with van der Waals surface area (Å²) in [5, 5.41) is 14.4. The molecule has 27 heavy (non-hydrogen) atoms. The van der Waals surface area contributed by atoms with Gasteiger partial charge < -0.3 is 5.11 Å². The van der Waals surface area contributed by atoms with Crippen molar-refractivity contribution in [2.24, 2.45) is 5.10 Å². The number of amides is 1. The Balaban J connectivity index is 2.01. The molecule has 1 atom stereocenters. The third-order valence-corrected chi connectivity index (χ3v) is 4.95. The van der Waals surface area contributed by atoms with E-state index in [9.17, 15) is 23.1 Å². The monoisotopic (exact) mass is 440 g/mol. The minimum atomic E-state index is -5.06. The summed E-state index contributed by atoms with van der Waals surface area (Å²) in [6, 6.07) is 12.6. The average molecular weight is 441 g/mol. The molecule has 8 heteroatoms. The number of benzene rings is 2. The zero-order chi connectivity index (χ0) is 19.8. The van der Waals surface area contributed by atoms with Crippen molar-refractivity contribution >= 4 is 27.5 Å². The fraction of sp³-hybridized carbons (Fsp3) is 0.263. The molecule has 3 rings (SSSR count). The van der Waals surface area contributed by atoms with E-state index in [0.29, 0.717) is 10.0 Å². The second kappa shape index (κ2) is 7.09. The van der Waals surface area contributed by atoms with Gasteiger partial charge in [-0.2, -0.15) is 23.3 Å². The van der Waals surface area contributed by atoms with Gasteiger partial charge in [0.2, 0.25) is 0 Å². The SMILES string of the molecule is CCc1ccc(C2=NN(C(=O)c3ccc(Br)cc3)[C@](O)(C(F)(F)F)C2)cc1. The Kier molecular flexibility index (Phi) is 5.14. The van der Waals surface area contributed by atoms with Crippen LogP contribution in [-0.2, 0) is 6.42 Å². The summed E-state index contributed by atoms with van der Waals surface area (Å²) in [6.45, 7) is 1.96. The first-order chi connectivity index (χ1) is 12.7. The molecule has 2 aromatic carbocycles. The number of hydrazone groups is 1. The van der Waals surface area contributed by atoms with E-state index in [4.69, 9.17) is 0 Å². The summed E-state index contributed by atoms with van der Waals surface area (Å²) in [5.41, 5.74) is -1.95. The Labute approximate surface area is 162 Å². The van der Waals surface area contributed by atoms with Crippen LogP contribution in [0.2, 0.25) is 0 Å². The van der Waals surface area contributed by atoms with Crippen molar-refractivity contribution in [3.63, 3.8) is 0 Å².